The molecule has 0 aliphatic heterocycles. The van der Waals surface area contributed by atoms with Gasteiger partial charge in [0.1, 0.15) is 5.82 Å². The second-order valence-electron chi connectivity index (χ2n) is 7.80. The van der Waals surface area contributed by atoms with E-state index in [1.807, 2.05) is 47.6 Å². The number of halogens is 1. The van der Waals surface area contributed by atoms with E-state index in [2.05, 4.69) is 5.43 Å². The van der Waals surface area contributed by atoms with E-state index in [4.69, 9.17) is 0 Å². The third-order valence-corrected chi connectivity index (χ3v) is 4.24. The molecule has 0 radical (unpaired) electrons. The Kier molecular flexibility index (Phi) is 6.04. The van der Waals surface area contributed by atoms with Crippen LogP contribution in [0.2, 0.25) is 0 Å². The fourth-order valence-corrected chi connectivity index (χ4v) is 2.87. The van der Waals surface area contributed by atoms with Gasteiger partial charge in [0.25, 0.3) is 11.8 Å². The Hall–Kier alpha value is -2.69. The first kappa shape index (κ1) is 20.6. The van der Waals surface area contributed by atoms with Crippen molar-refractivity contribution in [3.8, 4) is 0 Å². The Morgan fingerprint density at radius 1 is 1.04 bits per heavy atom. The lowest BCUT2D eigenvalue weighted by Crippen LogP contribution is -2.56. The van der Waals surface area contributed by atoms with Crippen LogP contribution < -0.4 is 5.43 Å². The molecule has 4 nitrogen and oxygen atoms in total. The van der Waals surface area contributed by atoms with Gasteiger partial charge in [-0.2, -0.15) is 0 Å². The molecular weight excluding hydrogens is 343 g/mol. The van der Waals surface area contributed by atoms with E-state index >= 15 is 0 Å². The monoisotopic (exact) mass is 370 g/mol. The average molecular weight is 370 g/mol. The summed E-state index contributed by atoms with van der Waals surface area (Å²) < 4.78 is 14.3. The SMILES string of the molecule is CCc1ccc(C(=O)NN(C(=O)c2cc(C)cc(C)c2)C(C)(C)C)c(F)c1. The minimum Gasteiger partial charge on any atom is -0.267 e. The van der Waals surface area contributed by atoms with Crippen LogP contribution in [0.4, 0.5) is 4.39 Å². The molecule has 0 saturated carbocycles. The first-order valence-corrected chi connectivity index (χ1v) is 9.05. The summed E-state index contributed by atoms with van der Waals surface area (Å²) >= 11 is 0. The Morgan fingerprint density at radius 2 is 1.63 bits per heavy atom. The molecule has 2 amide bonds. The molecule has 0 saturated heterocycles. The summed E-state index contributed by atoms with van der Waals surface area (Å²) in [6, 6.07) is 10.0. The van der Waals surface area contributed by atoms with Crippen molar-refractivity contribution in [3.63, 3.8) is 0 Å². The quantitative estimate of drug-likeness (QED) is 0.804. The zero-order chi connectivity index (χ0) is 20.4. The maximum atomic E-state index is 14.3. The van der Waals surface area contributed by atoms with Crippen LogP contribution in [0.3, 0.4) is 0 Å². The van der Waals surface area contributed by atoms with Crippen molar-refractivity contribution in [3.05, 3.63) is 70.0 Å². The van der Waals surface area contributed by atoms with E-state index in [1.54, 1.807) is 18.2 Å². The lowest BCUT2D eigenvalue weighted by Gasteiger charge is -2.35. The highest BCUT2D eigenvalue weighted by atomic mass is 19.1. The number of hydrogen-bond donors (Lipinski definition) is 1. The third-order valence-electron chi connectivity index (χ3n) is 4.24. The molecule has 0 heterocycles. The molecular formula is C22H27FN2O2. The van der Waals surface area contributed by atoms with Crippen molar-refractivity contribution in [1.82, 2.24) is 10.4 Å². The number of carbonyl (C=O) groups excluding carboxylic acids is 2. The van der Waals surface area contributed by atoms with Crippen LogP contribution in [0, 0.1) is 19.7 Å². The lowest BCUT2D eigenvalue weighted by atomic mass is 10.0. The second-order valence-corrected chi connectivity index (χ2v) is 7.80. The molecule has 0 spiro atoms. The number of nitrogens with one attached hydrogen (secondary N) is 1. The van der Waals surface area contributed by atoms with Crippen LogP contribution in [-0.4, -0.2) is 22.4 Å². The largest absolute Gasteiger partial charge is 0.272 e. The minimum atomic E-state index is -0.690. The van der Waals surface area contributed by atoms with Gasteiger partial charge in [-0.1, -0.05) is 30.2 Å². The normalized spacial score (nSPS) is 11.2. The maximum Gasteiger partial charge on any atom is 0.272 e. The van der Waals surface area contributed by atoms with E-state index in [-0.39, 0.29) is 11.5 Å². The number of benzene rings is 2. The highest BCUT2D eigenvalue weighted by molar-refractivity contribution is 5.99. The van der Waals surface area contributed by atoms with E-state index in [0.717, 1.165) is 16.7 Å². The second kappa shape index (κ2) is 7.91. The van der Waals surface area contributed by atoms with Crippen LogP contribution in [0.1, 0.15) is 65.1 Å². The van der Waals surface area contributed by atoms with Gasteiger partial charge in [-0.15, -0.1) is 0 Å². The number of aryl methyl sites for hydroxylation is 3. The van der Waals surface area contributed by atoms with Crippen LogP contribution in [0.15, 0.2) is 36.4 Å². The van der Waals surface area contributed by atoms with Crippen LogP contribution in [-0.2, 0) is 6.42 Å². The number of hydrazine groups is 1. The highest BCUT2D eigenvalue weighted by Gasteiger charge is 2.30. The van der Waals surface area contributed by atoms with E-state index in [1.165, 1.54) is 17.1 Å². The van der Waals surface area contributed by atoms with Crippen LogP contribution in [0.25, 0.3) is 0 Å². The molecule has 2 aromatic rings. The van der Waals surface area contributed by atoms with Crippen molar-refractivity contribution >= 4 is 11.8 Å². The van der Waals surface area contributed by atoms with Crippen molar-refractivity contribution in [1.29, 1.82) is 0 Å². The average Bonchev–Trinajstić information content (AvgIpc) is 2.56. The molecule has 0 atom stereocenters. The number of nitrogens with zero attached hydrogens (tertiary/aromatic N) is 1. The van der Waals surface area contributed by atoms with Gasteiger partial charge in [0, 0.05) is 5.56 Å². The van der Waals surface area contributed by atoms with Gasteiger partial charge < -0.3 is 0 Å². The van der Waals surface area contributed by atoms with Crippen molar-refractivity contribution in [2.24, 2.45) is 0 Å². The molecule has 1 N–H and O–H groups in total. The van der Waals surface area contributed by atoms with Crippen LogP contribution >= 0.6 is 0 Å². The first-order chi connectivity index (χ1) is 12.5. The van der Waals surface area contributed by atoms with Gasteiger partial charge in [0.05, 0.1) is 11.1 Å². The summed E-state index contributed by atoms with van der Waals surface area (Å²) in [6.45, 7) is 11.2. The number of hydrogen-bond acceptors (Lipinski definition) is 2. The summed E-state index contributed by atoms with van der Waals surface area (Å²) in [5.41, 5.74) is 5.02. The number of carbonyl (C=O) groups is 2. The van der Waals surface area contributed by atoms with E-state index in [9.17, 15) is 14.0 Å². The van der Waals surface area contributed by atoms with E-state index in [0.29, 0.717) is 12.0 Å². The molecule has 2 aromatic carbocycles. The van der Waals surface area contributed by atoms with Crippen molar-refractivity contribution in [2.75, 3.05) is 0 Å². The van der Waals surface area contributed by atoms with Gasteiger partial charge in [-0.25, -0.2) is 9.40 Å². The molecule has 0 fully saturated rings. The molecule has 2 rings (SSSR count). The molecule has 0 aliphatic carbocycles. The first-order valence-electron chi connectivity index (χ1n) is 9.05. The molecule has 5 heteroatoms. The summed E-state index contributed by atoms with van der Waals surface area (Å²) in [5, 5.41) is 1.26. The van der Waals surface area contributed by atoms with Gasteiger partial charge in [-0.05, 0) is 70.9 Å². The third kappa shape index (κ3) is 4.94. The standard InChI is InChI=1S/C22H27FN2O2/c1-7-16-8-9-18(19(23)13-16)20(26)24-25(22(4,5)6)21(27)17-11-14(2)10-15(3)12-17/h8-13H,7H2,1-6H3,(H,24,26). The van der Waals surface area contributed by atoms with Crippen molar-refractivity contribution in [2.45, 2.75) is 53.5 Å². The van der Waals surface area contributed by atoms with Gasteiger partial charge in [-0.3, -0.25) is 15.0 Å². The number of amides is 2. The topological polar surface area (TPSA) is 49.4 Å². The summed E-state index contributed by atoms with van der Waals surface area (Å²) in [7, 11) is 0. The van der Waals surface area contributed by atoms with Gasteiger partial charge >= 0.3 is 0 Å². The predicted octanol–water partition coefficient (Wildman–Crippen LogP) is 4.59. The highest BCUT2D eigenvalue weighted by Crippen LogP contribution is 2.19. The fraction of sp³-hybridized carbons (Fsp3) is 0.364. The summed E-state index contributed by atoms with van der Waals surface area (Å²) in [4.78, 5) is 25.7. The Morgan fingerprint density at radius 3 is 2.11 bits per heavy atom. The molecule has 0 unspecified atom stereocenters. The van der Waals surface area contributed by atoms with E-state index < -0.39 is 17.3 Å². The number of rotatable bonds is 3. The molecule has 27 heavy (non-hydrogen) atoms. The zero-order valence-electron chi connectivity index (χ0n) is 16.8. The summed E-state index contributed by atoms with van der Waals surface area (Å²) in [6.07, 6.45) is 0.679. The Bertz CT molecular complexity index is 849. The minimum absolute atomic E-state index is 0.0883. The van der Waals surface area contributed by atoms with Crippen LogP contribution in [0.5, 0.6) is 0 Å². The van der Waals surface area contributed by atoms with Gasteiger partial charge in [0.2, 0.25) is 0 Å². The maximum absolute atomic E-state index is 14.3. The lowest BCUT2D eigenvalue weighted by molar-refractivity contribution is 0.0357. The Labute approximate surface area is 160 Å². The molecule has 0 aromatic heterocycles. The van der Waals surface area contributed by atoms with Gasteiger partial charge in [0.15, 0.2) is 0 Å². The van der Waals surface area contributed by atoms with Crippen molar-refractivity contribution < 1.29 is 14.0 Å². The smallest absolute Gasteiger partial charge is 0.267 e. The molecule has 0 bridgehead atoms. The fourth-order valence-electron chi connectivity index (χ4n) is 2.87. The zero-order valence-corrected chi connectivity index (χ0v) is 16.8. The summed E-state index contributed by atoms with van der Waals surface area (Å²) in [5.74, 6) is -1.59. The predicted molar refractivity (Wildman–Crippen MR) is 105 cm³/mol. The molecule has 0 aliphatic rings. The molecule has 144 valence electrons. The Balaban J connectivity index is 2.34.